The molecule has 0 bridgehead atoms. The first-order valence-electron chi connectivity index (χ1n) is 7.32. The van der Waals surface area contributed by atoms with Gasteiger partial charge in [-0.15, -0.1) is 0 Å². The normalized spacial score (nSPS) is 23.8. The Morgan fingerprint density at radius 1 is 1.35 bits per heavy atom. The molecule has 3 heterocycles. The first-order chi connectivity index (χ1) is 9.79. The summed E-state index contributed by atoms with van der Waals surface area (Å²) >= 11 is 6.27. The van der Waals surface area contributed by atoms with Crippen LogP contribution in [0.25, 0.3) is 0 Å². The zero-order valence-electron chi connectivity index (χ0n) is 11.5. The Labute approximate surface area is 124 Å². The van der Waals surface area contributed by atoms with E-state index in [0.717, 1.165) is 24.8 Å². The SMILES string of the molecule is N#Cc1ccnc(N2CCC(C3CCCN3)CC2)c1Cl. The number of rotatable bonds is 2. The Morgan fingerprint density at radius 2 is 2.15 bits per heavy atom. The van der Waals surface area contributed by atoms with E-state index < -0.39 is 0 Å². The van der Waals surface area contributed by atoms with Crippen LogP contribution in [0, 0.1) is 17.2 Å². The predicted molar refractivity (Wildman–Crippen MR) is 79.9 cm³/mol. The number of nitriles is 1. The molecule has 106 valence electrons. The second-order valence-electron chi connectivity index (χ2n) is 5.64. The zero-order valence-corrected chi connectivity index (χ0v) is 12.2. The van der Waals surface area contributed by atoms with Gasteiger partial charge in [0.25, 0.3) is 0 Å². The first kappa shape index (κ1) is 13.7. The van der Waals surface area contributed by atoms with Crippen LogP contribution in [0.5, 0.6) is 0 Å². The molecule has 20 heavy (non-hydrogen) atoms. The Bertz CT molecular complexity index is 511. The van der Waals surface area contributed by atoms with Crippen molar-refractivity contribution < 1.29 is 0 Å². The van der Waals surface area contributed by atoms with Gasteiger partial charge in [-0.05, 0) is 44.2 Å². The highest BCUT2D eigenvalue weighted by Gasteiger charge is 2.29. The summed E-state index contributed by atoms with van der Waals surface area (Å²) in [5, 5.41) is 13.1. The highest BCUT2D eigenvalue weighted by molar-refractivity contribution is 6.34. The minimum absolute atomic E-state index is 0.493. The van der Waals surface area contributed by atoms with Crippen molar-refractivity contribution >= 4 is 17.4 Å². The lowest BCUT2D eigenvalue weighted by Gasteiger charge is -2.35. The number of nitrogens with zero attached hydrogens (tertiary/aromatic N) is 3. The summed E-state index contributed by atoms with van der Waals surface area (Å²) in [6, 6.07) is 4.49. The summed E-state index contributed by atoms with van der Waals surface area (Å²) in [5.41, 5.74) is 0.510. The van der Waals surface area contributed by atoms with E-state index in [0.29, 0.717) is 16.6 Å². The van der Waals surface area contributed by atoms with E-state index in [4.69, 9.17) is 16.9 Å². The zero-order chi connectivity index (χ0) is 13.9. The van der Waals surface area contributed by atoms with E-state index in [9.17, 15) is 0 Å². The van der Waals surface area contributed by atoms with Gasteiger partial charge in [-0.1, -0.05) is 11.6 Å². The Hall–Kier alpha value is -1.31. The van der Waals surface area contributed by atoms with Crippen molar-refractivity contribution in [3.63, 3.8) is 0 Å². The third kappa shape index (κ3) is 2.61. The number of nitrogens with one attached hydrogen (secondary N) is 1. The fourth-order valence-electron chi connectivity index (χ4n) is 3.37. The van der Waals surface area contributed by atoms with Gasteiger partial charge < -0.3 is 10.2 Å². The molecule has 2 aliphatic rings. The summed E-state index contributed by atoms with van der Waals surface area (Å²) in [6.07, 6.45) is 6.64. The molecule has 5 heteroatoms. The summed E-state index contributed by atoms with van der Waals surface area (Å²) in [7, 11) is 0. The van der Waals surface area contributed by atoms with Gasteiger partial charge in [-0.2, -0.15) is 5.26 Å². The third-order valence-electron chi connectivity index (χ3n) is 4.50. The van der Waals surface area contributed by atoms with E-state index >= 15 is 0 Å². The lowest BCUT2D eigenvalue weighted by atomic mass is 9.88. The van der Waals surface area contributed by atoms with Crippen LogP contribution in [-0.4, -0.2) is 30.7 Å². The van der Waals surface area contributed by atoms with Crippen molar-refractivity contribution in [2.45, 2.75) is 31.7 Å². The van der Waals surface area contributed by atoms with E-state index in [1.54, 1.807) is 12.3 Å². The lowest BCUT2D eigenvalue weighted by molar-refractivity contribution is 0.318. The number of hydrogen-bond acceptors (Lipinski definition) is 4. The molecule has 2 aliphatic heterocycles. The molecule has 1 N–H and O–H groups in total. The largest absolute Gasteiger partial charge is 0.355 e. The van der Waals surface area contributed by atoms with Gasteiger partial charge in [-0.3, -0.25) is 0 Å². The number of pyridine rings is 1. The van der Waals surface area contributed by atoms with Crippen molar-refractivity contribution in [3.05, 3.63) is 22.8 Å². The van der Waals surface area contributed by atoms with Crippen LogP contribution in [0.4, 0.5) is 5.82 Å². The van der Waals surface area contributed by atoms with Gasteiger partial charge in [0.1, 0.15) is 16.9 Å². The second kappa shape index (κ2) is 5.99. The average molecular weight is 291 g/mol. The molecule has 0 amide bonds. The van der Waals surface area contributed by atoms with Crippen LogP contribution in [0.1, 0.15) is 31.2 Å². The van der Waals surface area contributed by atoms with Crippen LogP contribution in [0.3, 0.4) is 0 Å². The number of aromatic nitrogens is 1. The van der Waals surface area contributed by atoms with Crippen molar-refractivity contribution in [1.29, 1.82) is 5.26 Å². The van der Waals surface area contributed by atoms with Crippen LogP contribution in [-0.2, 0) is 0 Å². The Balaban J connectivity index is 1.67. The predicted octanol–water partition coefficient (Wildman–Crippen LogP) is 2.58. The smallest absolute Gasteiger partial charge is 0.148 e. The maximum atomic E-state index is 9.04. The summed E-state index contributed by atoms with van der Waals surface area (Å²) in [5.74, 6) is 1.54. The molecule has 1 aromatic heterocycles. The van der Waals surface area contributed by atoms with Crippen LogP contribution in [0.2, 0.25) is 5.02 Å². The highest BCUT2D eigenvalue weighted by Crippen LogP contribution is 2.32. The minimum Gasteiger partial charge on any atom is -0.355 e. The molecule has 1 unspecified atom stereocenters. The monoisotopic (exact) mass is 290 g/mol. The first-order valence-corrected chi connectivity index (χ1v) is 7.70. The van der Waals surface area contributed by atoms with Crippen LogP contribution in [0.15, 0.2) is 12.3 Å². The van der Waals surface area contributed by atoms with E-state index in [2.05, 4.69) is 21.3 Å². The topological polar surface area (TPSA) is 52.0 Å². The van der Waals surface area contributed by atoms with Gasteiger partial charge in [-0.25, -0.2) is 4.98 Å². The highest BCUT2D eigenvalue weighted by atomic mass is 35.5. The average Bonchev–Trinajstić information content (AvgIpc) is 3.02. The standard InChI is InChI=1S/C15H19ClN4/c16-14-12(10-17)3-7-19-15(14)20-8-4-11(5-9-20)13-2-1-6-18-13/h3,7,11,13,18H,1-2,4-6,8-9H2. The molecule has 0 aliphatic carbocycles. The molecular formula is C15H19ClN4. The maximum Gasteiger partial charge on any atom is 0.148 e. The van der Waals surface area contributed by atoms with Crippen molar-refractivity contribution in [3.8, 4) is 6.07 Å². The molecule has 3 rings (SSSR count). The molecule has 0 radical (unpaired) electrons. The molecule has 0 spiro atoms. The molecular weight excluding hydrogens is 272 g/mol. The number of anilines is 1. The number of piperidine rings is 1. The molecule has 0 saturated carbocycles. The quantitative estimate of drug-likeness (QED) is 0.909. The molecule has 2 saturated heterocycles. The fraction of sp³-hybridized carbons (Fsp3) is 0.600. The second-order valence-corrected chi connectivity index (χ2v) is 6.01. The number of halogens is 1. The van der Waals surface area contributed by atoms with Gasteiger partial charge in [0.05, 0.1) is 5.56 Å². The van der Waals surface area contributed by atoms with E-state index in [1.807, 2.05) is 0 Å². The van der Waals surface area contributed by atoms with Gasteiger partial charge in [0, 0.05) is 25.3 Å². The summed E-state index contributed by atoms with van der Waals surface area (Å²) < 4.78 is 0. The Kier molecular flexibility index (Phi) is 4.09. The van der Waals surface area contributed by atoms with E-state index in [-0.39, 0.29) is 0 Å². The van der Waals surface area contributed by atoms with E-state index in [1.165, 1.54) is 32.2 Å². The van der Waals surface area contributed by atoms with Gasteiger partial charge in [0.15, 0.2) is 0 Å². The molecule has 1 aromatic rings. The van der Waals surface area contributed by atoms with Gasteiger partial charge >= 0.3 is 0 Å². The van der Waals surface area contributed by atoms with Crippen molar-refractivity contribution in [2.24, 2.45) is 5.92 Å². The minimum atomic E-state index is 0.493. The maximum absolute atomic E-state index is 9.04. The number of hydrogen-bond donors (Lipinski definition) is 1. The van der Waals surface area contributed by atoms with Crippen LogP contribution < -0.4 is 10.2 Å². The summed E-state index contributed by atoms with van der Waals surface area (Å²) in [6.45, 7) is 3.12. The lowest BCUT2D eigenvalue weighted by Crippen LogP contribution is -2.41. The third-order valence-corrected chi connectivity index (χ3v) is 4.87. The fourth-order valence-corrected chi connectivity index (χ4v) is 3.64. The van der Waals surface area contributed by atoms with Crippen molar-refractivity contribution in [1.82, 2.24) is 10.3 Å². The molecule has 2 fully saturated rings. The summed E-state index contributed by atoms with van der Waals surface area (Å²) in [4.78, 5) is 6.58. The Morgan fingerprint density at radius 3 is 2.80 bits per heavy atom. The van der Waals surface area contributed by atoms with Crippen molar-refractivity contribution in [2.75, 3.05) is 24.5 Å². The van der Waals surface area contributed by atoms with Gasteiger partial charge in [0.2, 0.25) is 0 Å². The molecule has 0 aromatic carbocycles. The molecule has 4 nitrogen and oxygen atoms in total. The molecule has 1 atom stereocenters. The van der Waals surface area contributed by atoms with Crippen LogP contribution >= 0.6 is 11.6 Å².